The van der Waals surface area contributed by atoms with Crippen molar-refractivity contribution < 1.29 is 8.42 Å². The fraction of sp³-hybridized carbons (Fsp3) is 0.467. The van der Waals surface area contributed by atoms with Crippen LogP contribution in [0, 0.1) is 0 Å². The number of rotatable bonds is 6. The lowest BCUT2D eigenvalue weighted by Gasteiger charge is -2.19. The Morgan fingerprint density at radius 1 is 1.21 bits per heavy atom. The number of hydrogen-bond acceptors (Lipinski definition) is 6. The van der Waals surface area contributed by atoms with Crippen molar-refractivity contribution in [1.29, 1.82) is 0 Å². The van der Waals surface area contributed by atoms with Gasteiger partial charge in [0, 0.05) is 25.1 Å². The Balaban J connectivity index is 1.95. The highest BCUT2D eigenvalue weighted by Crippen LogP contribution is 2.31. The van der Waals surface area contributed by atoms with Crippen molar-refractivity contribution in [3.05, 3.63) is 29.3 Å². The van der Waals surface area contributed by atoms with Crippen LogP contribution in [0.15, 0.2) is 29.4 Å². The van der Waals surface area contributed by atoms with E-state index in [2.05, 4.69) is 15.1 Å². The van der Waals surface area contributed by atoms with Crippen LogP contribution in [0.25, 0.3) is 5.69 Å². The van der Waals surface area contributed by atoms with E-state index in [0.29, 0.717) is 15.9 Å². The van der Waals surface area contributed by atoms with E-state index >= 15 is 0 Å². The van der Waals surface area contributed by atoms with Gasteiger partial charge in [0.05, 0.1) is 16.5 Å². The van der Waals surface area contributed by atoms with Crippen molar-refractivity contribution in [1.82, 2.24) is 14.8 Å². The van der Waals surface area contributed by atoms with Crippen LogP contribution in [0.2, 0.25) is 5.02 Å². The third-order valence-electron chi connectivity index (χ3n) is 3.78. The van der Waals surface area contributed by atoms with Crippen LogP contribution in [0.1, 0.15) is 12.8 Å². The van der Waals surface area contributed by atoms with Crippen LogP contribution in [-0.4, -0.2) is 54.0 Å². The topological polar surface area (TPSA) is 68.1 Å². The predicted octanol–water partition coefficient (Wildman–Crippen LogP) is 2.66. The number of aromatic nitrogens is 3. The van der Waals surface area contributed by atoms with Crippen molar-refractivity contribution in [2.24, 2.45) is 0 Å². The van der Waals surface area contributed by atoms with Crippen LogP contribution in [0.4, 0.5) is 5.95 Å². The molecule has 9 heteroatoms. The first-order chi connectivity index (χ1) is 11.5. The number of nitrogens with zero attached hydrogens (tertiary/aromatic N) is 4. The van der Waals surface area contributed by atoms with Crippen molar-refractivity contribution in [2.45, 2.75) is 18.0 Å². The zero-order chi connectivity index (χ0) is 17.2. The van der Waals surface area contributed by atoms with E-state index in [-0.39, 0.29) is 5.75 Å². The zero-order valence-electron chi connectivity index (χ0n) is 13.4. The third kappa shape index (κ3) is 4.04. The van der Waals surface area contributed by atoms with Gasteiger partial charge in [0.15, 0.2) is 5.16 Å². The number of thioether (sulfide) groups is 1. The smallest absolute Gasteiger partial charge is 0.232 e. The average Bonchev–Trinajstić information content (AvgIpc) is 3.15. The molecule has 0 radical (unpaired) electrons. The van der Waals surface area contributed by atoms with Gasteiger partial charge in [-0.25, -0.2) is 8.42 Å². The summed E-state index contributed by atoms with van der Waals surface area (Å²) < 4.78 is 24.6. The Morgan fingerprint density at radius 2 is 1.92 bits per heavy atom. The molecule has 0 atom stereocenters. The molecule has 6 nitrogen and oxygen atoms in total. The number of hydrogen-bond donors (Lipinski definition) is 0. The number of halogens is 1. The molecule has 24 heavy (non-hydrogen) atoms. The molecule has 130 valence electrons. The lowest BCUT2D eigenvalue weighted by molar-refractivity contribution is 0.603. The van der Waals surface area contributed by atoms with E-state index < -0.39 is 9.84 Å². The van der Waals surface area contributed by atoms with Crippen LogP contribution in [0.5, 0.6) is 0 Å². The fourth-order valence-corrected chi connectivity index (χ4v) is 4.96. The first kappa shape index (κ1) is 17.6. The lowest BCUT2D eigenvalue weighted by atomic mass is 10.3. The molecule has 1 aromatic carbocycles. The van der Waals surface area contributed by atoms with E-state index in [0.717, 1.165) is 37.6 Å². The van der Waals surface area contributed by atoms with Gasteiger partial charge in [-0.2, -0.15) is 0 Å². The minimum Gasteiger partial charge on any atom is -0.341 e. The van der Waals surface area contributed by atoms with Gasteiger partial charge in [0.25, 0.3) is 0 Å². The maximum Gasteiger partial charge on any atom is 0.232 e. The molecule has 3 rings (SSSR count). The number of sulfone groups is 1. The van der Waals surface area contributed by atoms with Crippen LogP contribution in [-0.2, 0) is 9.84 Å². The van der Waals surface area contributed by atoms with E-state index in [1.54, 1.807) is 0 Å². The van der Waals surface area contributed by atoms with E-state index in [4.69, 9.17) is 11.6 Å². The lowest BCUT2D eigenvalue weighted by Crippen LogP contribution is -2.22. The first-order valence-corrected chi connectivity index (χ1v) is 11.1. The van der Waals surface area contributed by atoms with Gasteiger partial charge in [-0.1, -0.05) is 35.5 Å². The van der Waals surface area contributed by atoms with Gasteiger partial charge in [-0.05, 0) is 25.0 Å². The molecular formula is C15H19ClN4O2S2. The normalized spacial score (nSPS) is 15.2. The molecule has 0 amide bonds. The monoisotopic (exact) mass is 386 g/mol. The summed E-state index contributed by atoms with van der Waals surface area (Å²) in [7, 11) is -3.00. The maximum absolute atomic E-state index is 11.4. The van der Waals surface area contributed by atoms with Gasteiger partial charge in [0.1, 0.15) is 9.84 Å². The van der Waals surface area contributed by atoms with Gasteiger partial charge in [0.2, 0.25) is 5.95 Å². The molecular weight excluding hydrogens is 368 g/mol. The van der Waals surface area contributed by atoms with Crippen LogP contribution < -0.4 is 4.90 Å². The largest absolute Gasteiger partial charge is 0.341 e. The van der Waals surface area contributed by atoms with Crippen LogP contribution >= 0.6 is 23.4 Å². The molecule has 1 aliphatic rings. The van der Waals surface area contributed by atoms with Gasteiger partial charge in [-0.15, -0.1) is 10.2 Å². The van der Waals surface area contributed by atoms with Gasteiger partial charge >= 0.3 is 0 Å². The summed E-state index contributed by atoms with van der Waals surface area (Å²) in [6, 6.07) is 7.55. The fourth-order valence-electron chi connectivity index (χ4n) is 2.61. The molecule has 2 aromatic rings. The molecule has 1 aliphatic heterocycles. The van der Waals surface area contributed by atoms with Crippen LogP contribution in [0.3, 0.4) is 0 Å². The predicted molar refractivity (Wildman–Crippen MR) is 98.3 cm³/mol. The molecule has 0 unspecified atom stereocenters. The summed E-state index contributed by atoms with van der Waals surface area (Å²) in [5, 5.41) is 9.89. The zero-order valence-corrected chi connectivity index (χ0v) is 15.7. The number of benzene rings is 1. The highest BCUT2D eigenvalue weighted by Gasteiger charge is 2.23. The summed E-state index contributed by atoms with van der Waals surface area (Å²) in [5.74, 6) is 1.30. The van der Waals surface area contributed by atoms with E-state index in [1.807, 2.05) is 28.8 Å². The van der Waals surface area contributed by atoms with Gasteiger partial charge in [-0.3, -0.25) is 4.57 Å². The second kappa shape index (κ2) is 7.33. The highest BCUT2D eigenvalue weighted by atomic mass is 35.5. The van der Waals surface area contributed by atoms with Crippen molar-refractivity contribution >= 4 is 39.1 Å². The summed E-state index contributed by atoms with van der Waals surface area (Å²) in [6.07, 6.45) is 3.50. The quantitative estimate of drug-likeness (QED) is 0.711. The second-order valence-electron chi connectivity index (χ2n) is 5.74. The Hall–Kier alpha value is -1.25. The minimum atomic E-state index is -3.00. The molecule has 1 saturated heterocycles. The van der Waals surface area contributed by atoms with Gasteiger partial charge < -0.3 is 4.90 Å². The molecule has 2 heterocycles. The Kier molecular flexibility index (Phi) is 5.36. The molecule has 0 saturated carbocycles. The Bertz CT molecular complexity index is 817. The molecule has 0 spiro atoms. The summed E-state index contributed by atoms with van der Waals surface area (Å²) >= 11 is 7.75. The molecule has 0 bridgehead atoms. The maximum atomic E-state index is 11.4. The summed E-state index contributed by atoms with van der Waals surface area (Å²) in [4.78, 5) is 2.19. The number of para-hydroxylation sites is 1. The number of anilines is 1. The standard InChI is InChI=1S/C15H19ClN4O2S2/c1-24(21,22)11-10-23-15-18-17-14(19-8-4-5-9-19)20(15)13-7-3-2-6-12(13)16/h2-3,6-7H,4-5,8-11H2,1H3. The molecule has 1 fully saturated rings. The average molecular weight is 387 g/mol. The van der Waals surface area contributed by atoms with Crippen molar-refractivity contribution in [2.75, 3.05) is 35.8 Å². The van der Waals surface area contributed by atoms with Crippen molar-refractivity contribution in [3.8, 4) is 5.69 Å². The highest BCUT2D eigenvalue weighted by molar-refractivity contribution is 8.00. The third-order valence-corrected chi connectivity index (χ3v) is 6.24. The summed E-state index contributed by atoms with van der Waals surface area (Å²) in [5.41, 5.74) is 0.813. The molecule has 0 aliphatic carbocycles. The Morgan fingerprint density at radius 3 is 2.58 bits per heavy atom. The van der Waals surface area contributed by atoms with E-state index in [1.165, 1.54) is 18.0 Å². The molecule has 0 N–H and O–H groups in total. The van der Waals surface area contributed by atoms with E-state index in [9.17, 15) is 8.42 Å². The molecule has 1 aromatic heterocycles. The second-order valence-corrected chi connectivity index (χ2v) is 9.47. The van der Waals surface area contributed by atoms with Crippen molar-refractivity contribution in [3.63, 3.8) is 0 Å². The SMILES string of the molecule is CS(=O)(=O)CCSc1nnc(N2CCCC2)n1-c1ccccc1Cl. The summed E-state index contributed by atoms with van der Waals surface area (Å²) in [6.45, 7) is 1.88. The Labute approximate surface area is 151 Å². The first-order valence-electron chi connectivity index (χ1n) is 7.71. The minimum absolute atomic E-state index is 0.103.